The summed E-state index contributed by atoms with van der Waals surface area (Å²) in [6.45, 7) is 0. The molecule has 2 aliphatic rings. The van der Waals surface area contributed by atoms with Crippen LogP contribution in [0.25, 0.3) is 0 Å². The fourth-order valence-electron chi connectivity index (χ4n) is 2.66. The molecule has 1 heterocycles. The third-order valence-corrected chi connectivity index (χ3v) is 4.06. The fourth-order valence-corrected chi connectivity index (χ4v) is 2.66. The van der Waals surface area contributed by atoms with Gasteiger partial charge < -0.3 is 5.32 Å². The lowest BCUT2D eigenvalue weighted by Gasteiger charge is -2.24. The first kappa shape index (κ1) is 12.8. The molecular weight excluding hydrogens is 256 g/mol. The maximum atomic E-state index is 12.4. The molecule has 1 unspecified atom stereocenters. The second kappa shape index (κ2) is 4.74. The van der Waals surface area contributed by atoms with Gasteiger partial charge in [-0.25, -0.2) is 0 Å². The Labute approximate surface area is 116 Å². The van der Waals surface area contributed by atoms with E-state index in [1.54, 1.807) is 0 Å². The Hall–Kier alpha value is -2.17. The van der Waals surface area contributed by atoms with E-state index in [1.807, 2.05) is 30.3 Å². The maximum Gasteiger partial charge on any atom is 0.249 e. The second-order valence-corrected chi connectivity index (χ2v) is 5.43. The first-order chi connectivity index (χ1) is 9.62. The number of amides is 3. The van der Waals surface area contributed by atoms with Crippen LogP contribution in [0.3, 0.4) is 0 Å². The predicted molar refractivity (Wildman–Crippen MR) is 71.7 cm³/mol. The van der Waals surface area contributed by atoms with E-state index in [2.05, 4.69) is 10.6 Å². The van der Waals surface area contributed by atoms with Crippen molar-refractivity contribution in [3.8, 4) is 0 Å². The minimum Gasteiger partial charge on any atom is -0.344 e. The van der Waals surface area contributed by atoms with Crippen LogP contribution in [0.4, 0.5) is 0 Å². The Kier molecular flexibility index (Phi) is 3.04. The van der Waals surface area contributed by atoms with Crippen molar-refractivity contribution < 1.29 is 14.4 Å². The molecule has 0 aromatic heterocycles. The fraction of sp³-hybridized carbons (Fsp3) is 0.400. The monoisotopic (exact) mass is 272 g/mol. The molecule has 104 valence electrons. The molecule has 1 saturated carbocycles. The number of rotatable bonds is 3. The first-order valence-electron chi connectivity index (χ1n) is 6.82. The number of benzene rings is 1. The molecule has 1 saturated heterocycles. The third-order valence-electron chi connectivity index (χ3n) is 4.06. The summed E-state index contributed by atoms with van der Waals surface area (Å²) in [5.41, 5.74) is 0.507. The molecule has 3 amide bonds. The van der Waals surface area contributed by atoms with E-state index in [-0.39, 0.29) is 18.2 Å². The van der Waals surface area contributed by atoms with Crippen LogP contribution in [0.5, 0.6) is 0 Å². The average molecular weight is 272 g/mol. The molecule has 0 bridgehead atoms. The molecule has 5 nitrogen and oxygen atoms in total. The van der Waals surface area contributed by atoms with Gasteiger partial charge in [-0.2, -0.15) is 0 Å². The summed E-state index contributed by atoms with van der Waals surface area (Å²) in [6.07, 6.45) is 2.25. The van der Waals surface area contributed by atoms with Gasteiger partial charge in [-0.05, 0) is 24.8 Å². The van der Waals surface area contributed by atoms with Crippen molar-refractivity contribution in [1.29, 1.82) is 0 Å². The van der Waals surface area contributed by atoms with Gasteiger partial charge >= 0.3 is 0 Å². The summed E-state index contributed by atoms with van der Waals surface area (Å²) in [5, 5.41) is 5.04. The molecule has 1 aliphatic heterocycles. The van der Waals surface area contributed by atoms with E-state index in [1.165, 1.54) is 0 Å². The molecule has 5 heteroatoms. The van der Waals surface area contributed by atoms with Gasteiger partial charge in [-0.15, -0.1) is 0 Å². The molecule has 1 aliphatic carbocycles. The number of piperidine rings is 1. The van der Waals surface area contributed by atoms with Crippen LogP contribution in [0.2, 0.25) is 0 Å². The second-order valence-electron chi connectivity index (χ2n) is 5.43. The van der Waals surface area contributed by atoms with Crippen molar-refractivity contribution in [1.82, 2.24) is 10.6 Å². The SMILES string of the molecule is O=C1CCC(NC(=O)C2(c3ccccc3)CC2)C(=O)N1. The van der Waals surface area contributed by atoms with Crippen LogP contribution in [-0.2, 0) is 19.8 Å². The summed E-state index contributed by atoms with van der Waals surface area (Å²) in [6, 6.07) is 9.02. The Bertz CT molecular complexity index is 564. The molecule has 3 rings (SSSR count). The van der Waals surface area contributed by atoms with Gasteiger partial charge in [0.2, 0.25) is 17.7 Å². The Morgan fingerprint density at radius 3 is 2.50 bits per heavy atom. The molecule has 2 fully saturated rings. The summed E-state index contributed by atoms with van der Waals surface area (Å²) in [5.74, 6) is -0.790. The van der Waals surface area contributed by atoms with E-state index in [0.717, 1.165) is 18.4 Å². The molecule has 20 heavy (non-hydrogen) atoms. The average Bonchev–Trinajstić information content (AvgIpc) is 3.24. The van der Waals surface area contributed by atoms with E-state index in [0.29, 0.717) is 6.42 Å². The number of hydrogen-bond acceptors (Lipinski definition) is 3. The van der Waals surface area contributed by atoms with Crippen LogP contribution in [0.15, 0.2) is 30.3 Å². The van der Waals surface area contributed by atoms with Crippen LogP contribution in [-0.4, -0.2) is 23.8 Å². The molecule has 2 N–H and O–H groups in total. The lowest BCUT2D eigenvalue weighted by atomic mass is 9.94. The van der Waals surface area contributed by atoms with Crippen molar-refractivity contribution in [3.05, 3.63) is 35.9 Å². The number of imide groups is 1. The van der Waals surface area contributed by atoms with E-state index in [4.69, 9.17) is 0 Å². The van der Waals surface area contributed by atoms with Crippen molar-refractivity contribution >= 4 is 17.7 Å². The zero-order valence-electron chi connectivity index (χ0n) is 11.0. The van der Waals surface area contributed by atoms with Gasteiger partial charge in [-0.3, -0.25) is 19.7 Å². The lowest BCUT2D eigenvalue weighted by molar-refractivity contribution is -0.137. The number of hydrogen-bond donors (Lipinski definition) is 2. The highest BCUT2D eigenvalue weighted by atomic mass is 16.2. The quantitative estimate of drug-likeness (QED) is 0.793. The zero-order chi connectivity index (χ0) is 14.2. The first-order valence-corrected chi connectivity index (χ1v) is 6.82. The normalized spacial score (nSPS) is 23.9. The summed E-state index contributed by atoms with van der Waals surface area (Å²) in [7, 11) is 0. The third kappa shape index (κ3) is 2.19. The van der Waals surface area contributed by atoms with Gasteiger partial charge in [-0.1, -0.05) is 30.3 Å². The van der Waals surface area contributed by atoms with Crippen molar-refractivity contribution in [3.63, 3.8) is 0 Å². The van der Waals surface area contributed by atoms with Crippen molar-refractivity contribution in [2.24, 2.45) is 0 Å². The molecular formula is C15H16N2O3. The molecule has 0 spiro atoms. The van der Waals surface area contributed by atoms with Crippen molar-refractivity contribution in [2.75, 3.05) is 0 Å². The van der Waals surface area contributed by atoms with E-state index >= 15 is 0 Å². The van der Waals surface area contributed by atoms with Crippen LogP contribution in [0.1, 0.15) is 31.2 Å². The summed E-state index contributed by atoms with van der Waals surface area (Å²) < 4.78 is 0. The van der Waals surface area contributed by atoms with Crippen LogP contribution < -0.4 is 10.6 Å². The maximum absolute atomic E-state index is 12.4. The van der Waals surface area contributed by atoms with Crippen LogP contribution in [0, 0.1) is 0 Å². The highest BCUT2D eigenvalue weighted by molar-refractivity contribution is 6.03. The number of nitrogens with one attached hydrogen (secondary N) is 2. The molecule has 1 aromatic rings. The van der Waals surface area contributed by atoms with E-state index < -0.39 is 17.4 Å². The van der Waals surface area contributed by atoms with Gasteiger partial charge in [0, 0.05) is 6.42 Å². The minimum atomic E-state index is -0.596. The Morgan fingerprint density at radius 2 is 1.90 bits per heavy atom. The zero-order valence-corrected chi connectivity index (χ0v) is 11.0. The highest BCUT2D eigenvalue weighted by Crippen LogP contribution is 2.48. The topological polar surface area (TPSA) is 75.3 Å². The van der Waals surface area contributed by atoms with Crippen molar-refractivity contribution in [2.45, 2.75) is 37.1 Å². The summed E-state index contributed by atoms with van der Waals surface area (Å²) in [4.78, 5) is 35.2. The highest BCUT2D eigenvalue weighted by Gasteiger charge is 2.52. The standard InChI is InChI=1S/C15H16N2O3/c18-12-7-6-11(13(19)17-12)16-14(20)15(8-9-15)10-4-2-1-3-5-10/h1-5,11H,6-9H2,(H,16,20)(H,17,18,19). The van der Waals surface area contributed by atoms with Gasteiger partial charge in [0.25, 0.3) is 0 Å². The van der Waals surface area contributed by atoms with E-state index in [9.17, 15) is 14.4 Å². The summed E-state index contributed by atoms with van der Waals surface area (Å²) >= 11 is 0. The number of carbonyl (C=O) groups is 3. The van der Waals surface area contributed by atoms with Gasteiger partial charge in [0.05, 0.1) is 5.41 Å². The Balaban J connectivity index is 1.71. The van der Waals surface area contributed by atoms with Gasteiger partial charge in [0.15, 0.2) is 0 Å². The minimum absolute atomic E-state index is 0.113. The number of carbonyl (C=O) groups excluding carboxylic acids is 3. The largest absolute Gasteiger partial charge is 0.344 e. The smallest absolute Gasteiger partial charge is 0.249 e. The van der Waals surface area contributed by atoms with Crippen LogP contribution >= 0.6 is 0 Å². The Morgan fingerprint density at radius 1 is 1.20 bits per heavy atom. The lowest BCUT2D eigenvalue weighted by Crippen LogP contribution is -2.54. The molecule has 1 aromatic carbocycles. The molecule has 0 radical (unpaired) electrons. The predicted octanol–water partition coefficient (Wildman–Crippen LogP) is 0.640. The molecule has 1 atom stereocenters. The van der Waals surface area contributed by atoms with Gasteiger partial charge in [0.1, 0.15) is 6.04 Å².